The van der Waals surface area contributed by atoms with Gasteiger partial charge in [-0.3, -0.25) is 0 Å². The Morgan fingerprint density at radius 1 is 1.00 bits per heavy atom. The van der Waals surface area contributed by atoms with Crippen molar-refractivity contribution in [3.05, 3.63) is 35.9 Å². The number of benzene rings is 2. The molecule has 0 atom stereocenters. The summed E-state index contributed by atoms with van der Waals surface area (Å²) in [7, 11) is 0. The number of phenols is 3. The maximum absolute atomic E-state index is 9.76. The standard InChI is InChI=1S/C13H11N3O3Se/c17-10-5-4-7(12(18)13(10)19)6-14-8-2-1-3-9-11(8)16-20-15-9/h1-5,14,17-19H,6H2. The second-order valence-corrected chi connectivity index (χ2v) is 5.34. The number of anilines is 1. The van der Waals surface area contributed by atoms with Gasteiger partial charge in [-0.1, -0.05) is 0 Å². The average molecular weight is 336 g/mol. The Kier molecular flexibility index (Phi) is 3.21. The summed E-state index contributed by atoms with van der Waals surface area (Å²) in [6, 6.07) is 8.56. The van der Waals surface area contributed by atoms with Gasteiger partial charge in [0.1, 0.15) is 0 Å². The zero-order valence-electron chi connectivity index (χ0n) is 10.2. The Morgan fingerprint density at radius 3 is 2.70 bits per heavy atom. The first-order valence-corrected chi connectivity index (χ1v) is 7.38. The molecule has 4 N–H and O–H groups in total. The molecule has 6 nitrogen and oxygen atoms in total. The van der Waals surface area contributed by atoms with E-state index >= 15 is 0 Å². The number of aromatic hydroxyl groups is 3. The van der Waals surface area contributed by atoms with Crippen LogP contribution in [0.5, 0.6) is 17.2 Å². The minimum atomic E-state index is -0.509. The van der Waals surface area contributed by atoms with E-state index in [1.807, 2.05) is 18.2 Å². The molecule has 0 saturated heterocycles. The molecule has 3 rings (SSSR count). The number of nitrogens with one attached hydrogen (secondary N) is 1. The van der Waals surface area contributed by atoms with Gasteiger partial charge in [0, 0.05) is 0 Å². The van der Waals surface area contributed by atoms with Gasteiger partial charge >= 0.3 is 120 Å². The molecule has 0 unspecified atom stereocenters. The first-order valence-electron chi connectivity index (χ1n) is 5.84. The zero-order valence-corrected chi connectivity index (χ0v) is 12.0. The van der Waals surface area contributed by atoms with Gasteiger partial charge in [0.2, 0.25) is 0 Å². The van der Waals surface area contributed by atoms with Crippen molar-refractivity contribution < 1.29 is 15.3 Å². The summed E-state index contributed by atoms with van der Waals surface area (Å²) in [6.45, 7) is 0.304. The van der Waals surface area contributed by atoms with Crippen molar-refractivity contribution in [2.75, 3.05) is 5.32 Å². The predicted molar refractivity (Wildman–Crippen MR) is 75.1 cm³/mol. The molecule has 2 aromatic rings. The molecule has 0 saturated carbocycles. The first-order chi connectivity index (χ1) is 9.66. The molecule has 0 radical (unpaired) electrons. The molecular weight excluding hydrogens is 325 g/mol. The summed E-state index contributed by atoms with van der Waals surface area (Å²) >= 11 is -0.0982. The van der Waals surface area contributed by atoms with Gasteiger partial charge in [0.15, 0.2) is 0 Å². The summed E-state index contributed by atoms with van der Waals surface area (Å²) in [6.07, 6.45) is 0. The molecule has 0 aliphatic carbocycles. The van der Waals surface area contributed by atoms with Crippen LogP contribution in [-0.2, 0) is 6.54 Å². The van der Waals surface area contributed by atoms with Crippen LogP contribution in [0.1, 0.15) is 5.56 Å². The van der Waals surface area contributed by atoms with Gasteiger partial charge in [0.25, 0.3) is 0 Å². The third kappa shape index (κ3) is 2.17. The van der Waals surface area contributed by atoms with Gasteiger partial charge in [-0.2, -0.15) is 0 Å². The van der Waals surface area contributed by atoms with Gasteiger partial charge in [-0.05, 0) is 0 Å². The van der Waals surface area contributed by atoms with Crippen LogP contribution in [0.4, 0.5) is 17.1 Å². The Morgan fingerprint density at radius 2 is 1.85 bits per heavy atom. The number of fused-ring (bicyclic) bond motifs is 1. The molecule has 0 amide bonds. The molecular formula is C13H11N3O3Se. The fourth-order valence-corrected chi connectivity index (χ4v) is 3.05. The molecule has 2 aromatic carbocycles. The van der Waals surface area contributed by atoms with Crippen molar-refractivity contribution >= 4 is 31.6 Å². The second kappa shape index (κ2) is 5.03. The van der Waals surface area contributed by atoms with Crippen LogP contribution < -0.4 is 5.32 Å². The number of hydrogen-bond donors (Lipinski definition) is 4. The maximum atomic E-state index is 9.76. The normalized spacial score (nSPS) is 12.0. The van der Waals surface area contributed by atoms with E-state index in [1.54, 1.807) is 6.07 Å². The zero-order chi connectivity index (χ0) is 14.1. The monoisotopic (exact) mass is 337 g/mol. The van der Waals surface area contributed by atoms with E-state index in [0.717, 1.165) is 17.1 Å². The summed E-state index contributed by atoms with van der Waals surface area (Å²) in [5.41, 5.74) is 3.01. The topological polar surface area (TPSA) is 97.4 Å². The van der Waals surface area contributed by atoms with Crippen molar-refractivity contribution in [2.24, 2.45) is 7.92 Å². The quantitative estimate of drug-likeness (QED) is 0.437. The van der Waals surface area contributed by atoms with E-state index in [2.05, 4.69) is 13.2 Å². The number of hydrogen-bond acceptors (Lipinski definition) is 6. The van der Waals surface area contributed by atoms with Gasteiger partial charge in [-0.15, -0.1) is 0 Å². The van der Waals surface area contributed by atoms with E-state index in [9.17, 15) is 15.3 Å². The molecule has 1 aliphatic heterocycles. The predicted octanol–water partition coefficient (Wildman–Crippen LogP) is 2.76. The minimum absolute atomic E-state index is 0.0982. The molecule has 0 fully saturated rings. The molecule has 0 spiro atoms. The number of phenolic OH excluding ortho intramolecular Hbond substituents is 3. The summed E-state index contributed by atoms with van der Waals surface area (Å²) < 4.78 is 8.64. The van der Waals surface area contributed by atoms with Gasteiger partial charge < -0.3 is 0 Å². The van der Waals surface area contributed by atoms with Crippen LogP contribution in [0.3, 0.4) is 0 Å². The van der Waals surface area contributed by atoms with E-state index in [1.165, 1.54) is 6.07 Å². The van der Waals surface area contributed by atoms with Crippen molar-refractivity contribution in [3.63, 3.8) is 0 Å². The number of rotatable bonds is 3. The summed E-state index contributed by atoms with van der Waals surface area (Å²) in [5, 5.41) is 31.7. The van der Waals surface area contributed by atoms with Crippen LogP contribution in [-0.4, -0.2) is 29.9 Å². The third-order valence-corrected chi connectivity index (χ3v) is 4.11. The van der Waals surface area contributed by atoms with Crippen LogP contribution in [0.2, 0.25) is 0 Å². The molecule has 102 valence electrons. The Balaban J connectivity index is 1.83. The summed E-state index contributed by atoms with van der Waals surface area (Å²) in [5.74, 6) is -1.18. The van der Waals surface area contributed by atoms with E-state index in [0.29, 0.717) is 12.1 Å². The van der Waals surface area contributed by atoms with Crippen molar-refractivity contribution in [2.45, 2.75) is 6.54 Å². The summed E-state index contributed by atoms with van der Waals surface area (Å²) in [4.78, 5) is 0. The second-order valence-electron chi connectivity index (χ2n) is 4.23. The molecule has 1 heterocycles. The van der Waals surface area contributed by atoms with Crippen molar-refractivity contribution in [1.82, 2.24) is 0 Å². The van der Waals surface area contributed by atoms with Crippen LogP contribution >= 0.6 is 0 Å². The van der Waals surface area contributed by atoms with Crippen molar-refractivity contribution in [1.29, 1.82) is 0 Å². The van der Waals surface area contributed by atoms with Gasteiger partial charge in [0.05, 0.1) is 0 Å². The van der Waals surface area contributed by atoms with E-state index in [4.69, 9.17) is 0 Å². The van der Waals surface area contributed by atoms with E-state index < -0.39 is 5.75 Å². The Hall–Kier alpha value is -2.24. The van der Waals surface area contributed by atoms with Crippen LogP contribution in [0, 0.1) is 0 Å². The van der Waals surface area contributed by atoms with Crippen molar-refractivity contribution in [3.8, 4) is 17.2 Å². The number of nitrogens with zero attached hydrogens (tertiary/aromatic N) is 2. The molecule has 20 heavy (non-hydrogen) atoms. The fourth-order valence-electron chi connectivity index (χ4n) is 1.89. The van der Waals surface area contributed by atoms with Crippen LogP contribution in [0.25, 0.3) is 0 Å². The molecule has 0 bridgehead atoms. The average Bonchev–Trinajstić information content (AvgIpc) is 2.93. The Bertz CT molecular complexity index is 755. The SMILES string of the molecule is Oc1ccc(CNc2cccc3c2N=[Se]=N3)c(O)c1O. The third-order valence-electron chi connectivity index (χ3n) is 2.97. The van der Waals surface area contributed by atoms with E-state index in [-0.39, 0.29) is 26.1 Å². The van der Waals surface area contributed by atoms with Gasteiger partial charge in [-0.25, -0.2) is 0 Å². The molecule has 1 aliphatic rings. The first kappa shape index (κ1) is 12.8. The Labute approximate surface area is 120 Å². The molecule has 0 aromatic heterocycles. The molecule has 7 heteroatoms. The fraction of sp³-hybridized carbons (Fsp3) is 0.0769. The van der Waals surface area contributed by atoms with Crippen LogP contribution in [0.15, 0.2) is 38.3 Å².